The molecular formula is C29H40N2O8. The van der Waals surface area contributed by atoms with Crippen LogP contribution in [0, 0.1) is 0 Å². The number of ether oxygens (including phenoxy) is 3. The third-order valence-electron chi connectivity index (χ3n) is 7.65. The minimum atomic E-state index is -1.14. The van der Waals surface area contributed by atoms with E-state index in [1.807, 2.05) is 6.08 Å². The number of rotatable bonds is 13. The Morgan fingerprint density at radius 2 is 2.10 bits per heavy atom. The molecule has 10 nitrogen and oxygen atoms in total. The van der Waals surface area contributed by atoms with Crippen LogP contribution in [0.3, 0.4) is 0 Å². The standard InChI is InChI=1S/C29H40N2O8/c1-3-4-5-6-9-24(34)31(16-19-8-7-12-38-19)22-15-21(29(36)30-10-11-32)25-20-13-18(17-33)14-23(37-2)27(20)39-28(25)26(22)35/h3,13-15,19,22,25-26,28,32-33,35H,1,4-12,16-17H2,2H3,(H,30,36)/t19-,22+,25-,26-,28-/m0/s1. The number of nitrogens with zero attached hydrogens (tertiary/aromatic N) is 1. The van der Waals surface area contributed by atoms with Gasteiger partial charge >= 0.3 is 0 Å². The van der Waals surface area contributed by atoms with E-state index in [9.17, 15) is 24.9 Å². The molecule has 10 heteroatoms. The number of hydrogen-bond acceptors (Lipinski definition) is 8. The molecular weight excluding hydrogens is 504 g/mol. The molecule has 3 aliphatic rings. The fourth-order valence-electron chi connectivity index (χ4n) is 5.73. The number of aliphatic hydroxyl groups excluding tert-OH is 3. The van der Waals surface area contributed by atoms with Crippen molar-refractivity contribution in [3.63, 3.8) is 0 Å². The molecule has 214 valence electrons. The number of methoxy groups -OCH3 is 1. The number of fused-ring (bicyclic) bond motifs is 3. The smallest absolute Gasteiger partial charge is 0.247 e. The van der Waals surface area contributed by atoms with Crippen molar-refractivity contribution in [1.29, 1.82) is 0 Å². The van der Waals surface area contributed by atoms with Crippen LogP contribution < -0.4 is 14.8 Å². The lowest BCUT2D eigenvalue weighted by molar-refractivity contribution is -0.139. The molecule has 5 atom stereocenters. The lowest BCUT2D eigenvalue weighted by atomic mass is 9.77. The first-order valence-corrected chi connectivity index (χ1v) is 13.7. The molecule has 1 fully saturated rings. The molecule has 1 aliphatic carbocycles. The summed E-state index contributed by atoms with van der Waals surface area (Å²) in [5.41, 5.74) is 1.53. The van der Waals surface area contributed by atoms with E-state index >= 15 is 0 Å². The van der Waals surface area contributed by atoms with Crippen LogP contribution in [0.4, 0.5) is 0 Å². The summed E-state index contributed by atoms with van der Waals surface area (Å²) >= 11 is 0. The highest BCUT2D eigenvalue weighted by Crippen LogP contribution is 2.51. The maximum Gasteiger partial charge on any atom is 0.247 e. The van der Waals surface area contributed by atoms with Crippen molar-refractivity contribution in [3.8, 4) is 11.5 Å². The number of allylic oxidation sites excluding steroid dienone is 1. The van der Waals surface area contributed by atoms with Crippen molar-refractivity contribution in [3.05, 3.63) is 47.6 Å². The number of amides is 2. The third kappa shape index (κ3) is 6.30. The molecule has 0 spiro atoms. The number of aliphatic hydroxyl groups is 3. The highest BCUT2D eigenvalue weighted by Gasteiger charge is 2.51. The molecule has 1 aromatic carbocycles. The Bertz CT molecular complexity index is 1070. The Hall–Kier alpha value is -2.92. The van der Waals surface area contributed by atoms with Gasteiger partial charge in [-0.1, -0.05) is 6.08 Å². The summed E-state index contributed by atoms with van der Waals surface area (Å²) < 4.78 is 17.6. The van der Waals surface area contributed by atoms with Gasteiger partial charge in [0.2, 0.25) is 11.8 Å². The van der Waals surface area contributed by atoms with E-state index in [-0.39, 0.29) is 31.8 Å². The Morgan fingerprint density at radius 1 is 1.28 bits per heavy atom. The van der Waals surface area contributed by atoms with Gasteiger partial charge in [0.05, 0.1) is 38.4 Å². The largest absolute Gasteiger partial charge is 0.493 e. The van der Waals surface area contributed by atoms with Gasteiger partial charge in [-0.25, -0.2) is 0 Å². The summed E-state index contributed by atoms with van der Waals surface area (Å²) in [6, 6.07) is 2.58. The molecule has 0 saturated carbocycles. The van der Waals surface area contributed by atoms with Crippen LogP contribution in [0.25, 0.3) is 0 Å². The van der Waals surface area contributed by atoms with Crippen molar-refractivity contribution in [2.45, 2.75) is 75.4 Å². The zero-order chi connectivity index (χ0) is 27.9. The molecule has 0 unspecified atom stereocenters. The van der Waals surface area contributed by atoms with Crippen molar-refractivity contribution >= 4 is 11.8 Å². The SMILES string of the molecule is C=CCCCCC(=O)N(C[C@@H]1CCCO1)[C@@H]1C=C(C(=O)NCCO)[C@@H]2c3cc(CO)cc(OC)c3O[C@@H]2[C@H]1O. The van der Waals surface area contributed by atoms with Crippen LogP contribution in [0.5, 0.6) is 11.5 Å². The quantitative estimate of drug-likeness (QED) is 0.217. The van der Waals surface area contributed by atoms with Crippen LogP contribution in [0.1, 0.15) is 55.6 Å². The van der Waals surface area contributed by atoms with E-state index < -0.39 is 30.1 Å². The lowest BCUT2D eigenvalue weighted by Crippen LogP contribution is -2.57. The Kier molecular flexibility index (Phi) is 10.0. The Labute approximate surface area is 229 Å². The van der Waals surface area contributed by atoms with E-state index in [2.05, 4.69) is 11.9 Å². The first-order valence-electron chi connectivity index (χ1n) is 13.7. The number of unbranched alkanes of at least 4 members (excludes halogenated alkanes) is 2. The third-order valence-corrected chi connectivity index (χ3v) is 7.65. The topological polar surface area (TPSA) is 138 Å². The minimum Gasteiger partial charge on any atom is -0.493 e. The normalized spacial score (nSPS) is 25.2. The predicted octanol–water partition coefficient (Wildman–Crippen LogP) is 1.56. The fraction of sp³-hybridized carbons (Fsp3) is 0.586. The molecule has 4 N–H and O–H groups in total. The molecule has 2 aliphatic heterocycles. The highest BCUT2D eigenvalue weighted by atomic mass is 16.5. The fourth-order valence-corrected chi connectivity index (χ4v) is 5.73. The summed E-state index contributed by atoms with van der Waals surface area (Å²) in [5, 5.41) is 33.5. The van der Waals surface area contributed by atoms with Crippen LogP contribution >= 0.6 is 0 Å². The van der Waals surface area contributed by atoms with Gasteiger partial charge in [0.1, 0.15) is 12.2 Å². The first-order chi connectivity index (χ1) is 18.9. The summed E-state index contributed by atoms with van der Waals surface area (Å²) in [6.45, 7) is 4.24. The van der Waals surface area contributed by atoms with E-state index in [1.165, 1.54) is 7.11 Å². The number of nitrogens with one attached hydrogen (secondary N) is 1. The Balaban J connectivity index is 1.73. The van der Waals surface area contributed by atoms with Crippen LogP contribution in [-0.4, -0.2) is 89.8 Å². The minimum absolute atomic E-state index is 0.0519. The monoisotopic (exact) mass is 544 g/mol. The molecule has 39 heavy (non-hydrogen) atoms. The second-order valence-corrected chi connectivity index (χ2v) is 10.2. The second kappa shape index (κ2) is 13.4. The molecule has 2 heterocycles. The summed E-state index contributed by atoms with van der Waals surface area (Å²) in [7, 11) is 1.49. The van der Waals surface area contributed by atoms with Gasteiger partial charge in [0, 0.05) is 37.3 Å². The summed E-state index contributed by atoms with van der Waals surface area (Å²) in [6.07, 6.45) is 5.66. The average molecular weight is 545 g/mol. The molecule has 0 aromatic heterocycles. The number of carbonyl (C=O) groups is 2. The second-order valence-electron chi connectivity index (χ2n) is 10.2. The number of carbonyl (C=O) groups excluding carboxylic acids is 2. The van der Waals surface area contributed by atoms with E-state index in [0.29, 0.717) is 54.2 Å². The molecule has 4 rings (SSSR count). The zero-order valence-electron chi connectivity index (χ0n) is 22.5. The maximum atomic E-state index is 13.6. The van der Waals surface area contributed by atoms with Crippen LogP contribution in [0.15, 0.2) is 36.4 Å². The van der Waals surface area contributed by atoms with Gasteiger partial charge in [0.15, 0.2) is 11.5 Å². The summed E-state index contributed by atoms with van der Waals surface area (Å²) in [5.74, 6) is -0.418. The van der Waals surface area contributed by atoms with Gasteiger partial charge in [-0.3, -0.25) is 9.59 Å². The zero-order valence-corrected chi connectivity index (χ0v) is 22.5. The van der Waals surface area contributed by atoms with Crippen molar-refractivity contribution in [1.82, 2.24) is 10.2 Å². The first kappa shape index (κ1) is 29.1. The van der Waals surface area contributed by atoms with Crippen LogP contribution in [-0.2, 0) is 20.9 Å². The molecule has 0 bridgehead atoms. The van der Waals surface area contributed by atoms with Gasteiger partial charge in [-0.15, -0.1) is 6.58 Å². The number of benzene rings is 1. The summed E-state index contributed by atoms with van der Waals surface area (Å²) in [4.78, 5) is 28.6. The molecule has 2 amide bonds. The molecule has 1 aromatic rings. The van der Waals surface area contributed by atoms with Gasteiger partial charge in [-0.2, -0.15) is 0 Å². The van der Waals surface area contributed by atoms with Crippen molar-refractivity contribution in [2.24, 2.45) is 0 Å². The maximum absolute atomic E-state index is 13.6. The number of hydrogen-bond donors (Lipinski definition) is 4. The highest BCUT2D eigenvalue weighted by molar-refractivity contribution is 5.96. The van der Waals surface area contributed by atoms with E-state index in [4.69, 9.17) is 14.2 Å². The van der Waals surface area contributed by atoms with Crippen LogP contribution in [0.2, 0.25) is 0 Å². The predicted molar refractivity (Wildman–Crippen MR) is 143 cm³/mol. The molecule has 1 saturated heterocycles. The van der Waals surface area contributed by atoms with Gasteiger partial charge < -0.3 is 39.7 Å². The van der Waals surface area contributed by atoms with Gasteiger partial charge in [-0.05, 0) is 55.9 Å². The average Bonchev–Trinajstić information content (AvgIpc) is 3.61. The Morgan fingerprint density at radius 3 is 2.77 bits per heavy atom. The van der Waals surface area contributed by atoms with E-state index in [0.717, 1.165) is 25.7 Å². The lowest BCUT2D eigenvalue weighted by Gasteiger charge is -2.41. The van der Waals surface area contributed by atoms with Crippen molar-refractivity contribution < 1.29 is 39.1 Å². The van der Waals surface area contributed by atoms with Gasteiger partial charge in [0.25, 0.3) is 0 Å². The van der Waals surface area contributed by atoms with Crippen molar-refractivity contribution in [2.75, 3.05) is 33.4 Å². The van der Waals surface area contributed by atoms with E-state index in [1.54, 1.807) is 23.1 Å². The molecule has 0 radical (unpaired) electrons.